The molecule has 0 radical (unpaired) electrons. The number of ether oxygens (including phenoxy) is 1. The third kappa shape index (κ3) is 2.63. The van der Waals surface area contributed by atoms with E-state index in [0.717, 1.165) is 46.3 Å². The number of amides is 2. The molecule has 6 heteroatoms. The Bertz CT molecular complexity index is 1190. The maximum Gasteiger partial charge on any atom is 0.246 e. The average Bonchev–Trinajstić information content (AvgIpc) is 3.56. The number of methoxy groups -OCH3 is 1. The maximum atomic E-state index is 13.7. The Balaban J connectivity index is 1.55. The standard InChI is InChI=1S/C25H25N3O3/c1-14-24(29)28-21(25(30)27(14)16-9-10-16)13-19-18-5-3-4-6-20(18)26-22(19)23(28)15-7-11-17(31-2)12-8-15/h3-8,11-12,14,16,21,23,26H,9-10,13H2,1-2H3/t14?,21-,23-/m1/s1. The third-order valence-corrected chi connectivity index (χ3v) is 7.07. The molecule has 3 aromatic rings. The topological polar surface area (TPSA) is 65.6 Å². The van der Waals surface area contributed by atoms with Gasteiger partial charge in [-0.05, 0) is 49.1 Å². The van der Waals surface area contributed by atoms with Gasteiger partial charge in [0.2, 0.25) is 11.8 Å². The largest absolute Gasteiger partial charge is 0.497 e. The van der Waals surface area contributed by atoms with Crippen molar-refractivity contribution in [3.8, 4) is 5.75 Å². The number of para-hydroxylation sites is 1. The molecule has 3 atom stereocenters. The summed E-state index contributed by atoms with van der Waals surface area (Å²) in [4.78, 5) is 34.6. The second-order valence-corrected chi connectivity index (χ2v) is 8.86. The van der Waals surface area contributed by atoms with Crippen molar-refractivity contribution in [2.75, 3.05) is 7.11 Å². The highest BCUT2D eigenvalue weighted by Gasteiger charge is 2.53. The van der Waals surface area contributed by atoms with E-state index in [0.29, 0.717) is 6.42 Å². The third-order valence-electron chi connectivity index (χ3n) is 7.07. The first-order valence-electron chi connectivity index (χ1n) is 11.0. The van der Waals surface area contributed by atoms with Crippen molar-refractivity contribution in [2.45, 2.75) is 50.4 Å². The van der Waals surface area contributed by atoms with E-state index in [1.165, 1.54) is 0 Å². The number of aromatic nitrogens is 1. The number of nitrogens with one attached hydrogen (secondary N) is 1. The number of piperazine rings is 1. The lowest BCUT2D eigenvalue weighted by Crippen LogP contribution is -2.66. The summed E-state index contributed by atoms with van der Waals surface area (Å²) in [5.41, 5.74) is 4.17. The number of rotatable bonds is 3. The van der Waals surface area contributed by atoms with Crippen LogP contribution in [-0.4, -0.2) is 51.8 Å². The van der Waals surface area contributed by atoms with Crippen molar-refractivity contribution in [3.63, 3.8) is 0 Å². The van der Waals surface area contributed by atoms with E-state index in [2.05, 4.69) is 17.1 Å². The number of H-pyrrole nitrogens is 1. The zero-order valence-corrected chi connectivity index (χ0v) is 17.7. The van der Waals surface area contributed by atoms with Crippen LogP contribution in [0.4, 0.5) is 0 Å². The Morgan fingerprint density at radius 1 is 0.968 bits per heavy atom. The molecule has 3 heterocycles. The van der Waals surface area contributed by atoms with E-state index in [4.69, 9.17) is 4.74 Å². The highest BCUT2D eigenvalue weighted by molar-refractivity contribution is 5.99. The Labute approximate surface area is 180 Å². The SMILES string of the molecule is COc1ccc([C@@H]2c3[nH]c4ccccc4c3C[C@@H]3C(=O)N(C4CC4)C(C)C(=O)N23)cc1. The maximum absolute atomic E-state index is 13.7. The van der Waals surface area contributed by atoms with Gasteiger partial charge in [0.15, 0.2) is 0 Å². The van der Waals surface area contributed by atoms with Gasteiger partial charge in [0.05, 0.1) is 13.2 Å². The predicted molar refractivity (Wildman–Crippen MR) is 117 cm³/mol. The van der Waals surface area contributed by atoms with Gasteiger partial charge < -0.3 is 19.5 Å². The van der Waals surface area contributed by atoms with Crippen LogP contribution in [0.1, 0.15) is 42.6 Å². The van der Waals surface area contributed by atoms with Gasteiger partial charge in [-0.15, -0.1) is 0 Å². The van der Waals surface area contributed by atoms with Crippen LogP contribution in [0.25, 0.3) is 10.9 Å². The van der Waals surface area contributed by atoms with E-state index in [1.54, 1.807) is 7.11 Å². The van der Waals surface area contributed by atoms with Crippen molar-refractivity contribution in [1.29, 1.82) is 0 Å². The van der Waals surface area contributed by atoms with Crippen LogP contribution in [0, 0.1) is 0 Å². The Kier molecular flexibility index (Phi) is 3.94. The summed E-state index contributed by atoms with van der Waals surface area (Å²) in [6.45, 7) is 1.88. The molecular formula is C25H25N3O3. The number of fused-ring (bicyclic) bond motifs is 4. The minimum atomic E-state index is -0.469. The molecule has 2 aliphatic heterocycles. The van der Waals surface area contributed by atoms with Crippen LogP contribution >= 0.6 is 0 Å². The van der Waals surface area contributed by atoms with E-state index in [1.807, 2.05) is 53.1 Å². The monoisotopic (exact) mass is 415 g/mol. The molecule has 1 saturated carbocycles. The van der Waals surface area contributed by atoms with Crippen molar-refractivity contribution in [3.05, 3.63) is 65.4 Å². The van der Waals surface area contributed by atoms with Gasteiger partial charge in [0.1, 0.15) is 17.8 Å². The molecule has 1 N–H and O–H groups in total. The molecule has 6 nitrogen and oxygen atoms in total. The van der Waals surface area contributed by atoms with Crippen molar-refractivity contribution < 1.29 is 14.3 Å². The molecule has 2 aromatic carbocycles. The molecule has 2 amide bonds. The smallest absolute Gasteiger partial charge is 0.246 e. The van der Waals surface area contributed by atoms with E-state index in [-0.39, 0.29) is 23.9 Å². The molecule has 0 spiro atoms. The molecule has 158 valence electrons. The van der Waals surface area contributed by atoms with Crippen LogP contribution in [0.2, 0.25) is 0 Å². The summed E-state index contributed by atoms with van der Waals surface area (Å²) < 4.78 is 5.33. The molecule has 6 rings (SSSR count). The fourth-order valence-corrected chi connectivity index (χ4v) is 5.43. The lowest BCUT2D eigenvalue weighted by Gasteiger charge is -2.49. The number of hydrogen-bond acceptors (Lipinski definition) is 3. The van der Waals surface area contributed by atoms with E-state index >= 15 is 0 Å². The molecule has 1 saturated heterocycles. The molecule has 1 unspecified atom stereocenters. The first kappa shape index (κ1) is 18.5. The summed E-state index contributed by atoms with van der Waals surface area (Å²) in [6, 6.07) is 15.0. The van der Waals surface area contributed by atoms with Gasteiger partial charge in [-0.2, -0.15) is 0 Å². The van der Waals surface area contributed by atoms with Crippen LogP contribution < -0.4 is 4.74 Å². The number of carbonyl (C=O) groups is 2. The summed E-state index contributed by atoms with van der Waals surface area (Å²) in [5.74, 6) is 0.882. The van der Waals surface area contributed by atoms with Gasteiger partial charge in [0, 0.05) is 29.1 Å². The van der Waals surface area contributed by atoms with Gasteiger partial charge >= 0.3 is 0 Å². The average molecular weight is 415 g/mol. The highest BCUT2D eigenvalue weighted by atomic mass is 16.5. The first-order chi connectivity index (χ1) is 15.1. The number of carbonyl (C=O) groups excluding carboxylic acids is 2. The Morgan fingerprint density at radius 3 is 2.42 bits per heavy atom. The zero-order chi connectivity index (χ0) is 21.3. The second-order valence-electron chi connectivity index (χ2n) is 8.86. The fraction of sp³-hybridized carbons (Fsp3) is 0.360. The number of hydrogen-bond donors (Lipinski definition) is 1. The van der Waals surface area contributed by atoms with Gasteiger partial charge in [0.25, 0.3) is 0 Å². The highest BCUT2D eigenvalue weighted by Crippen LogP contribution is 2.45. The number of aromatic amines is 1. The lowest BCUT2D eigenvalue weighted by molar-refractivity contribution is -0.164. The zero-order valence-electron chi connectivity index (χ0n) is 17.7. The molecule has 2 fully saturated rings. The van der Waals surface area contributed by atoms with Crippen LogP contribution in [0.5, 0.6) is 5.75 Å². The molecule has 1 aromatic heterocycles. The molecular weight excluding hydrogens is 390 g/mol. The lowest BCUT2D eigenvalue weighted by atomic mass is 9.85. The summed E-state index contributed by atoms with van der Waals surface area (Å²) in [7, 11) is 1.64. The van der Waals surface area contributed by atoms with E-state index < -0.39 is 12.1 Å². The quantitative estimate of drug-likeness (QED) is 0.713. The number of benzene rings is 2. The van der Waals surface area contributed by atoms with Crippen molar-refractivity contribution in [1.82, 2.24) is 14.8 Å². The van der Waals surface area contributed by atoms with Gasteiger partial charge in [-0.25, -0.2) is 0 Å². The molecule has 31 heavy (non-hydrogen) atoms. The van der Waals surface area contributed by atoms with Crippen molar-refractivity contribution in [2.24, 2.45) is 0 Å². The second kappa shape index (κ2) is 6.61. The molecule has 1 aliphatic carbocycles. The Hall–Kier alpha value is -3.28. The predicted octanol–water partition coefficient (Wildman–Crippen LogP) is 3.41. The summed E-state index contributed by atoms with van der Waals surface area (Å²) >= 11 is 0. The van der Waals surface area contributed by atoms with E-state index in [9.17, 15) is 9.59 Å². The van der Waals surface area contributed by atoms with Gasteiger partial charge in [-0.1, -0.05) is 30.3 Å². The van der Waals surface area contributed by atoms with Crippen molar-refractivity contribution >= 4 is 22.7 Å². The van der Waals surface area contributed by atoms with Gasteiger partial charge in [-0.3, -0.25) is 9.59 Å². The summed E-state index contributed by atoms with van der Waals surface area (Å²) in [6.07, 6.45) is 2.54. The Morgan fingerprint density at radius 2 is 1.71 bits per heavy atom. The molecule has 3 aliphatic rings. The van der Waals surface area contributed by atoms with Crippen LogP contribution in [-0.2, 0) is 16.0 Å². The first-order valence-corrected chi connectivity index (χ1v) is 11.0. The normalized spacial score (nSPS) is 25.5. The minimum absolute atomic E-state index is 0.0293. The fourth-order valence-electron chi connectivity index (χ4n) is 5.43. The summed E-state index contributed by atoms with van der Waals surface area (Å²) in [5, 5.41) is 1.13. The van der Waals surface area contributed by atoms with Crippen LogP contribution in [0.3, 0.4) is 0 Å². The number of nitrogens with zero attached hydrogens (tertiary/aromatic N) is 2. The molecule has 0 bridgehead atoms. The van der Waals surface area contributed by atoms with Crippen LogP contribution in [0.15, 0.2) is 48.5 Å². The minimum Gasteiger partial charge on any atom is -0.497 e.